The van der Waals surface area contributed by atoms with Gasteiger partial charge >= 0.3 is 11.9 Å². The van der Waals surface area contributed by atoms with Crippen molar-refractivity contribution in [1.29, 1.82) is 0 Å². The average Bonchev–Trinajstić information content (AvgIpc) is 2.71. The third-order valence-electron chi connectivity index (χ3n) is 2.33. The Labute approximate surface area is 130 Å². The summed E-state index contributed by atoms with van der Waals surface area (Å²) in [7, 11) is 0. The van der Waals surface area contributed by atoms with E-state index in [-0.39, 0.29) is 11.7 Å². The molecule has 1 aliphatic rings. The maximum Gasteiger partial charge on any atom is 0.377 e. The van der Waals surface area contributed by atoms with Gasteiger partial charge in [-0.15, -0.1) is 0 Å². The number of hydrogen-bond acceptors (Lipinski definition) is 9. The van der Waals surface area contributed by atoms with Crippen LogP contribution in [0.15, 0.2) is 11.5 Å². The minimum absolute atomic E-state index is 0.106. The van der Waals surface area contributed by atoms with Gasteiger partial charge in [0.25, 0.3) is 0 Å². The number of rotatable bonds is 5. The van der Waals surface area contributed by atoms with Gasteiger partial charge in [0, 0.05) is 12.7 Å². The van der Waals surface area contributed by atoms with Gasteiger partial charge in [-0.2, -0.15) is 12.6 Å². The van der Waals surface area contributed by atoms with Crippen LogP contribution in [0.2, 0.25) is 0 Å². The minimum Gasteiger partial charge on any atom is -0.505 e. The summed E-state index contributed by atoms with van der Waals surface area (Å²) in [6.45, 7) is 0.592. The highest BCUT2D eigenvalue weighted by molar-refractivity contribution is 7.80. The zero-order valence-corrected chi connectivity index (χ0v) is 12.4. The quantitative estimate of drug-likeness (QED) is 0.223. The number of aliphatic hydroxyl groups is 4. The van der Waals surface area contributed by atoms with Crippen molar-refractivity contribution in [2.24, 2.45) is 0 Å². The van der Waals surface area contributed by atoms with Gasteiger partial charge in [-0.05, 0) is 0 Å². The Bertz CT molecular complexity index is 464. The summed E-state index contributed by atoms with van der Waals surface area (Å²) in [5, 5.41) is 45.6. The summed E-state index contributed by atoms with van der Waals surface area (Å²) in [4.78, 5) is 31.0. The Kier molecular flexibility index (Phi) is 8.30. The van der Waals surface area contributed by atoms with Crippen LogP contribution in [0, 0.1) is 0 Å². The Hall–Kier alpha value is -1.98. The smallest absolute Gasteiger partial charge is 0.377 e. The molecule has 6 N–H and O–H groups in total. The van der Waals surface area contributed by atoms with Gasteiger partial charge in [0.05, 0.1) is 6.61 Å². The molecule has 0 fully saturated rings. The molecule has 1 amide bonds. The molecule has 0 aromatic carbocycles. The average molecular weight is 339 g/mol. The molecular weight excluding hydrogens is 322 g/mol. The van der Waals surface area contributed by atoms with Crippen LogP contribution in [0.3, 0.4) is 0 Å². The molecule has 0 bridgehead atoms. The number of carbonyl (C=O) groups is 3. The first-order chi connectivity index (χ1) is 10.1. The Morgan fingerprint density at radius 1 is 1.41 bits per heavy atom. The highest BCUT2D eigenvalue weighted by Gasteiger charge is 2.38. The first-order valence-corrected chi connectivity index (χ1v) is 6.51. The molecule has 11 heteroatoms. The van der Waals surface area contributed by atoms with E-state index in [9.17, 15) is 14.4 Å². The maximum absolute atomic E-state index is 10.5. The van der Waals surface area contributed by atoms with E-state index in [2.05, 4.69) is 22.7 Å². The molecule has 0 radical (unpaired) electrons. The van der Waals surface area contributed by atoms with E-state index in [1.165, 1.54) is 6.92 Å². The van der Waals surface area contributed by atoms with Gasteiger partial charge in [-0.25, -0.2) is 9.59 Å². The van der Waals surface area contributed by atoms with Gasteiger partial charge in [-0.1, -0.05) is 0 Å². The number of nitrogens with one attached hydrogen (secondary N) is 1. The Morgan fingerprint density at radius 2 is 1.95 bits per heavy atom. The summed E-state index contributed by atoms with van der Waals surface area (Å²) in [6.07, 6.45) is -2.78. The lowest BCUT2D eigenvalue weighted by Gasteiger charge is -2.13. The molecule has 0 aromatic rings. The molecule has 1 aliphatic heterocycles. The second kappa shape index (κ2) is 9.12. The van der Waals surface area contributed by atoms with E-state index in [1.807, 2.05) is 0 Å². The van der Waals surface area contributed by atoms with Gasteiger partial charge < -0.3 is 35.6 Å². The number of esters is 1. The van der Waals surface area contributed by atoms with Crippen molar-refractivity contribution in [2.45, 2.75) is 25.2 Å². The van der Waals surface area contributed by atoms with E-state index >= 15 is 0 Å². The second-order valence-electron chi connectivity index (χ2n) is 4.08. The van der Waals surface area contributed by atoms with Crippen LogP contribution in [0.4, 0.5) is 0 Å². The Morgan fingerprint density at radius 3 is 2.18 bits per heavy atom. The summed E-state index contributed by atoms with van der Waals surface area (Å²) >= 11 is 3.73. The molecule has 0 aliphatic carbocycles. The predicted molar refractivity (Wildman–Crippen MR) is 74.3 cm³/mol. The minimum atomic E-state index is -1.42. The standard InChI is InChI=1S/C6H8O6.C5H9NO3S/c7-1-2(8)5-3(9)4(10)6(11)12-5;1-3(7)6-4(2-10)5(8)9/h2,5,7-10H,1H2;4,10H,2H2,1H3,(H,6,7)(H,8,9)/t2?,5-;/m1./s1. The van der Waals surface area contributed by atoms with Gasteiger partial charge in [0.15, 0.2) is 11.9 Å². The van der Waals surface area contributed by atoms with Crippen LogP contribution in [-0.2, 0) is 19.1 Å². The third kappa shape index (κ3) is 5.79. The van der Waals surface area contributed by atoms with Crippen LogP contribution in [0.25, 0.3) is 0 Å². The number of carboxylic acid groups (broad SMARTS) is 1. The lowest BCUT2D eigenvalue weighted by Crippen LogP contribution is -2.40. The number of carbonyl (C=O) groups excluding carboxylic acids is 2. The predicted octanol–water partition coefficient (Wildman–Crippen LogP) is -1.90. The lowest BCUT2D eigenvalue weighted by molar-refractivity contribution is -0.147. The van der Waals surface area contributed by atoms with E-state index < -0.39 is 48.3 Å². The highest BCUT2D eigenvalue weighted by atomic mass is 32.1. The van der Waals surface area contributed by atoms with Crippen LogP contribution in [0.1, 0.15) is 6.92 Å². The van der Waals surface area contributed by atoms with E-state index in [0.29, 0.717) is 0 Å². The van der Waals surface area contributed by atoms with E-state index in [0.717, 1.165) is 0 Å². The number of amides is 1. The molecule has 1 heterocycles. The number of thiol groups is 1. The number of ether oxygens (including phenoxy) is 1. The molecule has 0 aromatic heterocycles. The first kappa shape index (κ1) is 20.0. The molecule has 0 saturated carbocycles. The monoisotopic (exact) mass is 339 g/mol. The van der Waals surface area contributed by atoms with Crippen LogP contribution in [-0.4, -0.2) is 74.0 Å². The third-order valence-corrected chi connectivity index (χ3v) is 2.70. The SMILES string of the molecule is CC(=O)NC(CS)C(=O)O.O=C1O[C@H](C(O)CO)C(O)=C1O. The molecule has 0 spiro atoms. The molecular formula is C11H17NO9S. The fourth-order valence-electron chi connectivity index (χ4n) is 1.25. The maximum atomic E-state index is 10.5. The van der Waals surface area contributed by atoms with Crippen LogP contribution < -0.4 is 5.32 Å². The van der Waals surface area contributed by atoms with Crippen LogP contribution >= 0.6 is 12.6 Å². The fourth-order valence-corrected chi connectivity index (χ4v) is 1.50. The lowest BCUT2D eigenvalue weighted by atomic mass is 10.2. The molecule has 2 unspecified atom stereocenters. The van der Waals surface area contributed by atoms with Crippen molar-refractivity contribution in [3.63, 3.8) is 0 Å². The van der Waals surface area contributed by atoms with Gasteiger partial charge in [0.2, 0.25) is 11.7 Å². The second-order valence-corrected chi connectivity index (χ2v) is 4.45. The number of carboxylic acids is 1. The number of aliphatic carboxylic acids is 1. The number of hydrogen-bond donors (Lipinski definition) is 7. The highest BCUT2D eigenvalue weighted by Crippen LogP contribution is 2.20. The normalized spacial score (nSPS) is 19.6. The van der Waals surface area contributed by atoms with Crippen molar-refractivity contribution in [3.8, 4) is 0 Å². The molecule has 3 atom stereocenters. The van der Waals surface area contributed by atoms with Crippen molar-refractivity contribution in [2.75, 3.05) is 12.4 Å². The van der Waals surface area contributed by atoms with Crippen molar-refractivity contribution >= 4 is 30.5 Å². The zero-order chi connectivity index (χ0) is 17.4. The van der Waals surface area contributed by atoms with E-state index in [4.69, 9.17) is 25.5 Å². The summed E-state index contributed by atoms with van der Waals surface area (Å²) in [5.41, 5.74) is 0. The summed E-state index contributed by atoms with van der Waals surface area (Å²) < 4.78 is 4.32. The first-order valence-electron chi connectivity index (χ1n) is 5.88. The summed E-state index contributed by atoms with van der Waals surface area (Å²) in [5.74, 6) is -4.10. The van der Waals surface area contributed by atoms with Crippen molar-refractivity contribution < 1.29 is 44.7 Å². The zero-order valence-electron chi connectivity index (χ0n) is 11.5. The van der Waals surface area contributed by atoms with Crippen molar-refractivity contribution in [1.82, 2.24) is 5.32 Å². The van der Waals surface area contributed by atoms with Gasteiger partial charge in [0.1, 0.15) is 12.1 Å². The molecule has 0 saturated heterocycles. The molecule has 126 valence electrons. The topological polar surface area (TPSA) is 174 Å². The molecule has 22 heavy (non-hydrogen) atoms. The largest absolute Gasteiger partial charge is 0.505 e. The number of cyclic esters (lactones) is 1. The molecule has 10 nitrogen and oxygen atoms in total. The molecule has 1 rings (SSSR count). The van der Waals surface area contributed by atoms with E-state index in [1.54, 1.807) is 0 Å². The summed E-state index contributed by atoms with van der Waals surface area (Å²) in [6, 6.07) is -0.874. The van der Waals surface area contributed by atoms with Crippen molar-refractivity contribution in [3.05, 3.63) is 11.5 Å². The number of aliphatic hydroxyl groups excluding tert-OH is 4. The van der Waals surface area contributed by atoms with Crippen LogP contribution in [0.5, 0.6) is 0 Å². The fraction of sp³-hybridized carbons (Fsp3) is 0.545. The van der Waals surface area contributed by atoms with Gasteiger partial charge in [-0.3, -0.25) is 4.79 Å². The Balaban J connectivity index is 0.000000409.